The normalized spacial score (nSPS) is 11.9. The van der Waals surface area contributed by atoms with Crippen LogP contribution in [0, 0.1) is 10.1 Å². The fourth-order valence-electron chi connectivity index (χ4n) is 1.24. The highest BCUT2D eigenvalue weighted by Gasteiger charge is 2.18. The van der Waals surface area contributed by atoms with Gasteiger partial charge < -0.3 is 4.74 Å². The Balaban J connectivity index is 2.84. The minimum atomic E-state index is -0.836. The first kappa shape index (κ1) is 13.7. The number of hydrogen-bond acceptors (Lipinski definition) is 4. The molecule has 0 N–H and O–H groups in total. The Hall–Kier alpha value is -1.33. The average Bonchev–Trinajstić information content (AvgIpc) is 2.27. The van der Waals surface area contributed by atoms with Gasteiger partial charge in [-0.15, -0.1) is 11.6 Å². The van der Waals surface area contributed by atoms with Gasteiger partial charge in [0.25, 0.3) is 5.69 Å². The molecule has 0 fully saturated rings. The van der Waals surface area contributed by atoms with Gasteiger partial charge in [0.05, 0.1) is 12.0 Å². The number of alkyl halides is 1. The van der Waals surface area contributed by atoms with Crippen LogP contribution in [0.1, 0.15) is 5.56 Å². The molecule has 1 aromatic carbocycles. The molecule has 0 amide bonds. The third kappa shape index (κ3) is 3.57. The fraction of sp³-hybridized carbons (Fsp3) is 0.300. The van der Waals surface area contributed by atoms with Gasteiger partial charge in [-0.05, 0) is 18.1 Å². The van der Waals surface area contributed by atoms with Gasteiger partial charge in [-0.2, -0.15) is 0 Å². The number of methoxy groups -OCH3 is 1. The molecule has 92 valence electrons. The number of carbonyl (C=O) groups is 1. The maximum atomic E-state index is 11.1. The second-order valence-corrected chi connectivity index (χ2v) is 4.17. The standard InChI is InChI=1S/C10H9Cl2NO4/c1-17-10(14)8(12)5-6-2-3-9(13(15)16)7(11)4-6/h2-4,8H,5H2,1H3. The van der Waals surface area contributed by atoms with Crippen molar-refractivity contribution >= 4 is 34.9 Å². The summed E-state index contributed by atoms with van der Waals surface area (Å²) in [5, 5.41) is 9.71. The highest BCUT2D eigenvalue weighted by atomic mass is 35.5. The molecule has 0 aromatic heterocycles. The molecular formula is C10H9Cl2NO4. The zero-order valence-corrected chi connectivity index (χ0v) is 10.4. The summed E-state index contributed by atoms with van der Waals surface area (Å²) >= 11 is 11.5. The first-order valence-electron chi connectivity index (χ1n) is 4.60. The molecule has 0 radical (unpaired) electrons. The van der Waals surface area contributed by atoms with E-state index < -0.39 is 16.3 Å². The number of carbonyl (C=O) groups excluding carboxylic acids is 1. The molecule has 0 spiro atoms. The van der Waals surface area contributed by atoms with Crippen molar-refractivity contribution in [2.45, 2.75) is 11.8 Å². The number of halogens is 2. The summed E-state index contributed by atoms with van der Waals surface area (Å²) in [6.07, 6.45) is 0.200. The molecule has 1 atom stereocenters. The van der Waals surface area contributed by atoms with E-state index in [2.05, 4.69) is 4.74 Å². The molecule has 7 heteroatoms. The number of nitro benzene ring substituents is 1. The van der Waals surface area contributed by atoms with Gasteiger partial charge in [-0.25, -0.2) is 0 Å². The van der Waals surface area contributed by atoms with Gasteiger partial charge in [0.15, 0.2) is 0 Å². The van der Waals surface area contributed by atoms with Crippen molar-refractivity contribution < 1.29 is 14.5 Å². The molecule has 0 heterocycles. The largest absolute Gasteiger partial charge is 0.468 e. The smallest absolute Gasteiger partial charge is 0.324 e. The Labute approximate surface area is 107 Å². The SMILES string of the molecule is COC(=O)C(Cl)Cc1ccc([N+](=O)[O-])c(Cl)c1. The highest BCUT2D eigenvalue weighted by molar-refractivity contribution is 6.32. The summed E-state index contributed by atoms with van der Waals surface area (Å²) in [5.74, 6) is -0.554. The third-order valence-electron chi connectivity index (χ3n) is 2.08. The lowest BCUT2D eigenvalue weighted by Crippen LogP contribution is -2.18. The maximum absolute atomic E-state index is 11.1. The van der Waals surface area contributed by atoms with E-state index in [-0.39, 0.29) is 17.1 Å². The van der Waals surface area contributed by atoms with Crippen molar-refractivity contribution in [1.82, 2.24) is 0 Å². The van der Waals surface area contributed by atoms with E-state index in [1.165, 1.54) is 25.3 Å². The molecule has 5 nitrogen and oxygen atoms in total. The van der Waals surface area contributed by atoms with Crippen LogP contribution in [-0.4, -0.2) is 23.4 Å². The van der Waals surface area contributed by atoms with Gasteiger partial charge >= 0.3 is 5.97 Å². The number of benzene rings is 1. The van der Waals surface area contributed by atoms with Crippen molar-refractivity contribution in [3.63, 3.8) is 0 Å². The molecule has 0 saturated heterocycles. The van der Waals surface area contributed by atoms with Crippen LogP contribution in [0.15, 0.2) is 18.2 Å². The number of nitro groups is 1. The topological polar surface area (TPSA) is 69.4 Å². The molecule has 0 saturated carbocycles. The predicted octanol–water partition coefficient (Wildman–Crippen LogP) is 2.57. The number of nitrogens with zero attached hydrogens (tertiary/aromatic N) is 1. The number of esters is 1. The van der Waals surface area contributed by atoms with Crippen LogP contribution < -0.4 is 0 Å². The van der Waals surface area contributed by atoms with Crippen LogP contribution in [0.4, 0.5) is 5.69 Å². The monoisotopic (exact) mass is 277 g/mol. The third-order valence-corrected chi connectivity index (χ3v) is 2.72. The molecule has 1 aromatic rings. The van der Waals surface area contributed by atoms with E-state index in [0.29, 0.717) is 5.56 Å². The van der Waals surface area contributed by atoms with Crippen molar-refractivity contribution in [1.29, 1.82) is 0 Å². The van der Waals surface area contributed by atoms with Gasteiger partial charge in [0.1, 0.15) is 10.4 Å². The number of rotatable bonds is 4. The van der Waals surface area contributed by atoms with E-state index in [0.717, 1.165) is 0 Å². The molecule has 0 bridgehead atoms. The van der Waals surface area contributed by atoms with Gasteiger partial charge in [0, 0.05) is 6.07 Å². The Bertz CT molecular complexity index is 450. The van der Waals surface area contributed by atoms with Gasteiger partial charge in [-0.3, -0.25) is 14.9 Å². The van der Waals surface area contributed by atoms with Gasteiger partial charge in [0.2, 0.25) is 0 Å². The van der Waals surface area contributed by atoms with Crippen molar-refractivity contribution in [3.05, 3.63) is 38.9 Å². The molecule has 0 aliphatic carbocycles. The highest BCUT2D eigenvalue weighted by Crippen LogP contribution is 2.26. The second-order valence-electron chi connectivity index (χ2n) is 3.24. The lowest BCUT2D eigenvalue weighted by molar-refractivity contribution is -0.384. The average molecular weight is 278 g/mol. The molecule has 0 aliphatic rings. The molecular weight excluding hydrogens is 269 g/mol. The Morgan fingerprint density at radius 2 is 2.24 bits per heavy atom. The first-order chi connectivity index (χ1) is 7.95. The summed E-state index contributed by atoms with van der Waals surface area (Å²) in [6, 6.07) is 4.19. The Morgan fingerprint density at radius 1 is 1.59 bits per heavy atom. The predicted molar refractivity (Wildman–Crippen MR) is 63.5 cm³/mol. The first-order valence-corrected chi connectivity index (χ1v) is 5.42. The zero-order valence-electron chi connectivity index (χ0n) is 8.85. The Morgan fingerprint density at radius 3 is 2.71 bits per heavy atom. The maximum Gasteiger partial charge on any atom is 0.324 e. The van der Waals surface area contributed by atoms with E-state index in [9.17, 15) is 14.9 Å². The number of hydrogen-bond donors (Lipinski definition) is 0. The second kappa shape index (κ2) is 5.84. The summed E-state index contributed by atoms with van der Waals surface area (Å²) < 4.78 is 4.46. The van der Waals surface area contributed by atoms with Crippen molar-refractivity contribution in [3.8, 4) is 0 Å². The number of ether oxygens (including phenoxy) is 1. The molecule has 1 unspecified atom stereocenters. The lowest BCUT2D eigenvalue weighted by Gasteiger charge is -2.07. The van der Waals surface area contributed by atoms with Crippen molar-refractivity contribution in [2.24, 2.45) is 0 Å². The Kier molecular flexibility index (Phi) is 4.72. The minimum absolute atomic E-state index is 0.0150. The van der Waals surface area contributed by atoms with Crippen LogP contribution >= 0.6 is 23.2 Å². The van der Waals surface area contributed by atoms with E-state index in [1.807, 2.05) is 0 Å². The quantitative estimate of drug-likeness (QED) is 0.367. The fourth-order valence-corrected chi connectivity index (χ4v) is 1.78. The van der Waals surface area contributed by atoms with E-state index in [4.69, 9.17) is 23.2 Å². The van der Waals surface area contributed by atoms with Crippen LogP contribution in [0.5, 0.6) is 0 Å². The van der Waals surface area contributed by atoms with Crippen LogP contribution in [0.25, 0.3) is 0 Å². The zero-order chi connectivity index (χ0) is 13.0. The van der Waals surface area contributed by atoms with Crippen molar-refractivity contribution in [2.75, 3.05) is 7.11 Å². The van der Waals surface area contributed by atoms with Crippen LogP contribution in [-0.2, 0) is 16.0 Å². The summed E-state index contributed by atoms with van der Waals surface area (Å²) in [4.78, 5) is 21.0. The minimum Gasteiger partial charge on any atom is -0.468 e. The summed E-state index contributed by atoms with van der Waals surface area (Å²) in [6.45, 7) is 0. The summed E-state index contributed by atoms with van der Waals surface area (Å²) in [7, 11) is 1.24. The van der Waals surface area contributed by atoms with Gasteiger partial charge in [-0.1, -0.05) is 17.7 Å². The van der Waals surface area contributed by atoms with E-state index >= 15 is 0 Å². The molecule has 17 heavy (non-hydrogen) atoms. The summed E-state index contributed by atoms with van der Waals surface area (Å²) in [5.41, 5.74) is 0.450. The molecule has 1 rings (SSSR count). The lowest BCUT2D eigenvalue weighted by atomic mass is 10.1. The van der Waals surface area contributed by atoms with E-state index in [1.54, 1.807) is 0 Å². The van der Waals surface area contributed by atoms with Crippen LogP contribution in [0.2, 0.25) is 5.02 Å². The van der Waals surface area contributed by atoms with Crippen LogP contribution in [0.3, 0.4) is 0 Å². The molecule has 0 aliphatic heterocycles.